The second-order valence-electron chi connectivity index (χ2n) is 6.97. The van der Waals surface area contributed by atoms with Crippen LogP contribution in [0.1, 0.15) is 49.5 Å². The fourth-order valence-electron chi connectivity index (χ4n) is 3.55. The zero-order valence-electron chi connectivity index (χ0n) is 13.8. The molecule has 1 fully saturated rings. The lowest BCUT2D eigenvalue weighted by Crippen LogP contribution is -2.53. The van der Waals surface area contributed by atoms with Crippen molar-refractivity contribution in [2.45, 2.75) is 51.2 Å². The molecule has 1 atom stereocenters. The van der Waals surface area contributed by atoms with Crippen molar-refractivity contribution in [3.8, 4) is 0 Å². The van der Waals surface area contributed by atoms with Crippen LogP contribution in [0, 0.1) is 0 Å². The topological polar surface area (TPSA) is 31.2 Å². The predicted molar refractivity (Wildman–Crippen MR) is 84.1 cm³/mol. The molecule has 4 nitrogen and oxygen atoms in total. The van der Waals surface area contributed by atoms with E-state index in [9.17, 15) is 4.79 Å². The molecule has 0 amide bonds. The van der Waals surface area contributed by atoms with Crippen molar-refractivity contribution in [3.05, 3.63) is 24.0 Å². The Morgan fingerprint density at radius 3 is 2.62 bits per heavy atom. The molecule has 1 saturated carbocycles. The molecule has 0 bridgehead atoms. The molecule has 118 valence electrons. The summed E-state index contributed by atoms with van der Waals surface area (Å²) in [4.78, 5) is 12.1. The molecular weight excluding hydrogens is 264 g/mol. The zero-order valence-corrected chi connectivity index (χ0v) is 13.8. The number of nitrogens with zero attached hydrogens (tertiary/aromatic N) is 2. The van der Waals surface area contributed by atoms with Crippen molar-refractivity contribution in [1.29, 1.82) is 0 Å². The lowest BCUT2D eigenvalue weighted by atomic mass is 9.93. The quantitative estimate of drug-likeness (QED) is 0.617. The number of hydrogen-bond donors (Lipinski definition) is 0. The van der Waals surface area contributed by atoms with E-state index in [1.807, 2.05) is 26.2 Å². The van der Waals surface area contributed by atoms with E-state index >= 15 is 0 Å². The number of quaternary nitrogens is 1. The average Bonchev–Trinajstić information content (AvgIpc) is 2.85. The van der Waals surface area contributed by atoms with Gasteiger partial charge in [-0.25, -0.2) is 4.79 Å². The maximum absolute atomic E-state index is 12.1. The second-order valence-corrected chi connectivity index (χ2v) is 6.97. The van der Waals surface area contributed by atoms with Gasteiger partial charge in [0, 0.05) is 13.2 Å². The molecule has 0 saturated heterocycles. The molecule has 21 heavy (non-hydrogen) atoms. The number of carbonyl (C=O) groups is 1. The Morgan fingerprint density at radius 2 is 2.05 bits per heavy atom. The van der Waals surface area contributed by atoms with Crippen molar-refractivity contribution in [1.82, 2.24) is 4.57 Å². The number of esters is 1. The molecule has 1 unspecified atom stereocenters. The standard InChI is InChI=1S/C17H29N2O2/c1-14(21-17(20)16-11-8-12-18(16)2)13-19(3,4)15-9-6-5-7-10-15/h8,11-12,14-15H,5-7,9-10,13H2,1-4H3/q+1. The van der Waals surface area contributed by atoms with Crippen LogP contribution in [0.4, 0.5) is 0 Å². The number of rotatable bonds is 5. The summed E-state index contributed by atoms with van der Waals surface area (Å²) in [5.74, 6) is -0.223. The van der Waals surface area contributed by atoms with Crippen LogP contribution >= 0.6 is 0 Å². The number of aromatic nitrogens is 1. The van der Waals surface area contributed by atoms with Crippen LogP contribution in [0.25, 0.3) is 0 Å². The summed E-state index contributed by atoms with van der Waals surface area (Å²) in [5.41, 5.74) is 0.616. The Balaban J connectivity index is 1.90. The Labute approximate surface area is 128 Å². The van der Waals surface area contributed by atoms with Gasteiger partial charge in [0.05, 0.1) is 20.1 Å². The van der Waals surface area contributed by atoms with Gasteiger partial charge in [-0.15, -0.1) is 0 Å². The van der Waals surface area contributed by atoms with Crippen LogP contribution in [-0.4, -0.2) is 47.8 Å². The Bertz CT molecular complexity index is 473. The SMILES string of the molecule is CC(C[N+](C)(C)C1CCCCC1)OC(=O)c1cccn1C. The maximum atomic E-state index is 12.1. The number of carbonyl (C=O) groups excluding carboxylic acids is 1. The van der Waals surface area contributed by atoms with Gasteiger partial charge in [0.1, 0.15) is 18.3 Å². The van der Waals surface area contributed by atoms with Crippen molar-refractivity contribution in [2.75, 3.05) is 20.6 Å². The fourth-order valence-corrected chi connectivity index (χ4v) is 3.55. The first kappa shape index (κ1) is 16.1. The lowest BCUT2D eigenvalue weighted by Gasteiger charge is -2.41. The van der Waals surface area contributed by atoms with Crippen molar-refractivity contribution >= 4 is 5.97 Å². The summed E-state index contributed by atoms with van der Waals surface area (Å²) in [6, 6.07) is 4.37. The molecule has 1 aromatic rings. The Morgan fingerprint density at radius 1 is 1.38 bits per heavy atom. The van der Waals surface area contributed by atoms with E-state index in [4.69, 9.17) is 4.74 Å². The smallest absolute Gasteiger partial charge is 0.355 e. The average molecular weight is 293 g/mol. The minimum Gasteiger partial charge on any atom is -0.452 e. The second kappa shape index (κ2) is 6.65. The highest BCUT2D eigenvalue weighted by Crippen LogP contribution is 2.26. The molecular formula is C17H29N2O2+. The van der Waals surface area contributed by atoms with E-state index < -0.39 is 0 Å². The van der Waals surface area contributed by atoms with Crippen molar-refractivity contribution < 1.29 is 14.0 Å². The Hall–Kier alpha value is -1.29. The van der Waals surface area contributed by atoms with Crippen LogP contribution in [0.5, 0.6) is 0 Å². The van der Waals surface area contributed by atoms with Crippen LogP contribution in [0.15, 0.2) is 18.3 Å². The number of likely N-dealkylation sites (N-methyl/N-ethyl adjacent to an activating group) is 1. The van der Waals surface area contributed by atoms with Gasteiger partial charge >= 0.3 is 5.97 Å². The third kappa shape index (κ3) is 4.10. The van der Waals surface area contributed by atoms with E-state index in [2.05, 4.69) is 14.1 Å². The highest BCUT2D eigenvalue weighted by atomic mass is 16.5. The van der Waals surface area contributed by atoms with Crippen molar-refractivity contribution in [3.63, 3.8) is 0 Å². The molecule has 0 aromatic carbocycles. The first-order chi connectivity index (χ1) is 9.90. The minimum absolute atomic E-state index is 0.0654. The molecule has 0 N–H and O–H groups in total. The molecule has 2 rings (SSSR count). The van der Waals surface area contributed by atoms with Gasteiger partial charge in [-0.1, -0.05) is 6.42 Å². The lowest BCUT2D eigenvalue weighted by molar-refractivity contribution is -0.918. The van der Waals surface area contributed by atoms with Gasteiger partial charge in [-0.2, -0.15) is 0 Å². The van der Waals surface area contributed by atoms with Gasteiger partial charge < -0.3 is 13.8 Å². The first-order valence-corrected chi connectivity index (χ1v) is 8.05. The largest absolute Gasteiger partial charge is 0.452 e. The summed E-state index contributed by atoms with van der Waals surface area (Å²) in [6.07, 6.45) is 8.44. The zero-order chi connectivity index (χ0) is 15.5. The third-order valence-corrected chi connectivity index (χ3v) is 4.75. The molecule has 1 aliphatic carbocycles. The van der Waals surface area contributed by atoms with Crippen LogP contribution < -0.4 is 0 Å². The van der Waals surface area contributed by atoms with E-state index in [1.165, 1.54) is 32.1 Å². The summed E-state index contributed by atoms with van der Waals surface area (Å²) >= 11 is 0. The highest BCUT2D eigenvalue weighted by Gasteiger charge is 2.32. The minimum atomic E-state index is -0.223. The van der Waals surface area contributed by atoms with Gasteiger partial charge in [-0.3, -0.25) is 0 Å². The first-order valence-electron chi connectivity index (χ1n) is 8.05. The van der Waals surface area contributed by atoms with E-state index in [1.54, 1.807) is 10.6 Å². The number of hydrogen-bond acceptors (Lipinski definition) is 2. The predicted octanol–water partition coefficient (Wildman–Crippen LogP) is 2.98. The summed E-state index contributed by atoms with van der Waals surface area (Å²) < 4.78 is 8.37. The molecule has 1 aromatic heterocycles. The van der Waals surface area contributed by atoms with Crippen LogP contribution in [-0.2, 0) is 11.8 Å². The van der Waals surface area contributed by atoms with Gasteiger partial charge in [0.15, 0.2) is 0 Å². The maximum Gasteiger partial charge on any atom is 0.355 e. The van der Waals surface area contributed by atoms with Gasteiger partial charge in [-0.05, 0) is 44.7 Å². The van der Waals surface area contributed by atoms with Crippen molar-refractivity contribution in [2.24, 2.45) is 7.05 Å². The van der Waals surface area contributed by atoms with E-state index in [-0.39, 0.29) is 12.1 Å². The molecule has 4 heteroatoms. The molecule has 1 aliphatic rings. The third-order valence-electron chi connectivity index (χ3n) is 4.75. The van der Waals surface area contributed by atoms with Crippen LogP contribution in [0.2, 0.25) is 0 Å². The monoisotopic (exact) mass is 293 g/mol. The number of ether oxygens (including phenoxy) is 1. The molecule has 0 aliphatic heterocycles. The van der Waals surface area contributed by atoms with Gasteiger partial charge in [0.25, 0.3) is 0 Å². The Kier molecular flexibility index (Phi) is 5.09. The fraction of sp³-hybridized carbons (Fsp3) is 0.706. The van der Waals surface area contributed by atoms with E-state index in [0.717, 1.165) is 11.0 Å². The van der Waals surface area contributed by atoms with E-state index in [0.29, 0.717) is 11.7 Å². The highest BCUT2D eigenvalue weighted by molar-refractivity contribution is 5.87. The molecule has 0 radical (unpaired) electrons. The summed E-state index contributed by atoms with van der Waals surface area (Å²) in [6.45, 7) is 2.88. The molecule has 0 spiro atoms. The summed E-state index contributed by atoms with van der Waals surface area (Å²) in [5, 5.41) is 0. The molecule has 1 heterocycles. The summed E-state index contributed by atoms with van der Waals surface area (Å²) in [7, 11) is 6.40. The van der Waals surface area contributed by atoms with Crippen LogP contribution in [0.3, 0.4) is 0 Å². The number of aryl methyl sites for hydroxylation is 1. The van der Waals surface area contributed by atoms with Gasteiger partial charge in [0.2, 0.25) is 0 Å². The normalized spacial score (nSPS) is 18.5.